The van der Waals surface area contributed by atoms with E-state index < -0.39 is 35.0 Å². The summed E-state index contributed by atoms with van der Waals surface area (Å²) in [4.78, 5) is 85.3. The SMILES string of the molecule is CC(C)(C)C(=O)C(CCCCN)CC(=O)C(N)Cc1ccccc1.CC(C)C.CC(C)C.CC(C)C(CC(C)(C)C)C(=O)NC(CCCNC(N)=O)C(=O)C(C)(C)C.CC(CC(=O)C(N)C(C)C)C(=O)C(C)(C)C. The zero-order chi connectivity index (χ0) is 59.1. The van der Waals surface area contributed by atoms with Crippen molar-refractivity contribution in [2.45, 2.75) is 235 Å². The van der Waals surface area contributed by atoms with Crippen molar-refractivity contribution >= 4 is 40.9 Å². The van der Waals surface area contributed by atoms with E-state index in [0.29, 0.717) is 38.8 Å². The number of primary amides is 1. The quantitative estimate of drug-likeness (QED) is 0.0534. The minimum Gasteiger partial charge on any atom is -0.352 e. The summed E-state index contributed by atoms with van der Waals surface area (Å²) in [7, 11) is 0. The number of hydrogen-bond donors (Lipinski definition) is 6. The average Bonchev–Trinajstić information content (AvgIpc) is 3.23. The van der Waals surface area contributed by atoms with Crippen molar-refractivity contribution in [3.05, 3.63) is 35.9 Å². The van der Waals surface area contributed by atoms with Crippen LogP contribution in [0.4, 0.5) is 4.79 Å². The molecule has 13 heteroatoms. The smallest absolute Gasteiger partial charge is 0.312 e. The molecule has 1 aromatic rings. The molecular formula is C61H116N6O7. The Morgan fingerprint density at radius 1 is 0.568 bits per heavy atom. The molecule has 1 rings (SSSR count). The Hall–Kier alpha value is -3.81. The lowest BCUT2D eigenvalue weighted by molar-refractivity contribution is -0.135. The number of unbranched alkanes of at least 4 members (excludes halogenated alkanes) is 1. The average molecular weight is 1050 g/mol. The van der Waals surface area contributed by atoms with Gasteiger partial charge in [0, 0.05) is 53.4 Å². The van der Waals surface area contributed by atoms with E-state index in [9.17, 15) is 33.6 Å². The third-order valence-corrected chi connectivity index (χ3v) is 11.4. The maximum absolute atomic E-state index is 12.9. The van der Waals surface area contributed by atoms with Crippen LogP contribution in [0, 0.1) is 63.1 Å². The summed E-state index contributed by atoms with van der Waals surface area (Å²) in [5.74, 6) is 1.49. The van der Waals surface area contributed by atoms with Gasteiger partial charge in [0.05, 0.1) is 18.1 Å². The van der Waals surface area contributed by atoms with Crippen molar-refractivity contribution < 1.29 is 33.6 Å². The second-order valence-electron chi connectivity index (χ2n) is 26.7. The number of hydrogen-bond acceptors (Lipinski definition) is 10. The van der Waals surface area contributed by atoms with Crippen molar-refractivity contribution in [1.29, 1.82) is 0 Å². The van der Waals surface area contributed by atoms with Gasteiger partial charge in [0.25, 0.3) is 0 Å². The van der Waals surface area contributed by atoms with E-state index in [-0.39, 0.29) is 88.1 Å². The monoisotopic (exact) mass is 1040 g/mol. The number of urea groups is 1. The van der Waals surface area contributed by atoms with Crippen LogP contribution in [0.3, 0.4) is 0 Å². The third kappa shape index (κ3) is 40.5. The lowest BCUT2D eigenvalue weighted by Crippen LogP contribution is -2.49. The lowest BCUT2D eigenvalue weighted by atomic mass is 9.78. The minimum absolute atomic E-state index is 0.00295. The molecule has 0 heterocycles. The number of Topliss-reactive ketones (excluding diaryl/α,β-unsaturated/α-hetero) is 5. The molecule has 6 unspecified atom stereocenters. The minimum atomic E-state index is -0.585. The molecule has 1 aromatic carbocycles. The Kier molecular flexibility index (Phi) is 39.2. The molecule has 10 N–H and O–H groups in total. The van der Waals surface area contributed by atoms with Gasteiger partial charge in [0.2, 0.25) is 5.91 Å². The molecule has 0 radical (unpaired) electrons. The van der Waals surface area contributed by atoms with E-state index in [2.05, 4.69) is 72.9 Å². The number of rotatable bonds is 24. The Balaban J connectivity index is -0.000000471. The van der Waals surface area contributed by atoms with E-state index in [4.69, 9.17) is 22.9 Å². The van der Waals surface area contributed by atoms with Crippen LogP contribution >= 0.6 is 0 Å². The molecule has 0 saturated carbocycles. The van der Waals surface area contributed by atoms with Crippen LogP contribution in [0.5, 0.6) is 0 Å². The predicted octanol–water partition coefficient (Wildman–Crippen LogP) is 11.6. The Labute approximate surface area is 453 Å². The van der Waals surface area contributed by atoms with E-state index in [0.717, 1.165) is 36.7 Å². The van der Waals surface area contributed by atoms with E-state index in [1.54, 1.807) is 6.92 Å². The molecule has 0 aliphatic carbocycles. The molecule has 0 saturated heterocycles. The molecule has 0 fully saturated rings. The largest absolute Gasteiger partial charge is 0.352 e. The predicted molar refractivity (Wildman–Crippen MR) is 311 cm³/mol. The standard InChI is InChI=1S/C20H39N3O3.C20H32N2O2.C13H25NO2.2C4H10/c1-13(2)14(12-19(3,4)5)17(25)23-15(16(24)20(6,7)8)10-9-11-22-18(21)26;1-20(2,3)19(24)16(11-7-8-12-21)14-18(23)17(22)13-15-9-5-4-6-10-15;1-8(2)11(14)10(15)7-9(3)12(16)13(4,5)6;2*1-4(2)3/h13-15H,9-12H2,1-8H3,(H,23,25)(H3,21,22,26);4-6,9-10,16-17H,7-8,11-14,21-22H2,1-3H3;8-9,11H,7,14H2,1-6H3;2*4H,1-3H3. The highest BCUT2D eigenvalue weighted by Crippen LogP contribution is 2.30. The molecule has 0 aliphatic heterocycles. The highest BCUT2D eigenvalue weighted by atomic mass is 16.2. The maximum atomic E-state index is 12.9. The van der Waals surface area contributed by atoms with Gasteiger partial charge < -0.3 is 33.6 Å². The van der Waals surface area contributed by atoms with E-state index in [1.165, 1.54) is 0 Å². The summed E-state index contributed by atoms with van der Waals surface area (Å²) in [6.07, 6.45) is 5.25. The summed E-state index contributed by atoms with van der Waals surface area (Å²) in [5.41, 5.74) is 22.1. The Morgan fingerprint density at radius 2 is 1.03 bits per heavy atom. The Bertz CT molecular complexity index is 1740. The summed E-state index contributed by atoms with van der Waals surface area (Å²) in [6.45, 7) is 46.9. The Morgan fingerprint density at radius 3 is 1.41 bits per heavy atom. The molecule has 74 heavy (non-hydrogen) atoms. The van der Waals surface area contributed by atoms with Gasteiger partial charge in [-0.15, -0.1) is 0 Å². The summed E-state index contributed by atoms with van der Waals surface area (Å²) in [6, 6.07) is 7.59. The van der Waals surface area contributed by atoms with Crippen molar-refractivity contribution in [2.24, 2.45) is 86.0 Å². The third-order valence-electron chi connectivity index (χ3n) is 11.4. The molecule has 13 nitrogen and oxygen atoms in total. The van der Waals surface area contributed by atoms with Crippen molar-refractivity contribution in [2.75, 3.05) is 13.1 Å². The fraction of sp³-hybridized carbons (Fsp3) is 0.787. The van der Waals surface area contributed by atoms with Crippen LogP contribution in [0.25, 0.3) is 0 Å². The van der Waals surface area contributed by atoms with Gasteiger partial charge in [0.15, 0.2) is 11.6 Å². The van der Waals surface area contributed by atoms with E-state index in [1.807, 2.05) is 120 Å². The number of nitrogens with one attached hydrogen (secondary N) is 2. The fourth-order valence-corrected chi connectivity index (χ4v) is 7.37. The maximum Gasteiger partial charge on any atom is 0.312 e. The van der Waals surface area contributed by atoms with Crippen molar-refractivity contribution in [1.82, 2.24) is 10.6 Å². The molecule has 0 aliphatic rings. The summed E-state index contributed by atoms with van der Waals surface area (Å²) in [5, 5.41) is 5.50. The van der Waals surface area contributed by atoms with Crippen LogP contribution in [-0.4, -0.2) is 72.1 Å². The van der Waals surface area contributed by atoms with Crippen molar-refractivity contribution in [3.63, 3.8) is 0 Å². The second kappa shape index (κ2) is 37.9. The first-order valence-corrected chi connectivity index (χ1v) is 27.7. The molecular weight excluding hydrogens is 929 g/mol. The first-order chi connectivity index (χ1) is 33.4. The number of carbonyl (C=O) groups is 7. The number of carbonyl (C=O) groups excluding carboxylic acids is 7. The molecule has 6 atom stereocenters. The first kappa shape index (κ1) is 76.7. The van der Waals surface area contributed by atoms with Gasteiger partial charge in [0.1, 0.15) is 17.3 Å². The normalized spacial score (nSPS) is 14.2. The number of amides is 3. The summed E-state index contributed by atoms with van der Waals surface area (Å²) >= 11 is 0. The van der Waals surface area contributed by atoms with Gasteiger partial charge in [-0.1, -0.05) is 196 Å². The van der Waals surface area contributed by atoms with Crippen LogP contribution in [0.1, 0.15) is 216 Å². The van der Waals surface area contributed by atoms with Crippen LogP contribution in [0.15, 0.2) is 30.3 Å². The highest BCUT2D eigenvalue weighted by Gasteiger charge is 2.35. The highest BCUT2D eigenvalue weighted by molar-refractivity contribution is 5.94. The van der Waals surface area contributed by atoms with Gasteiger partial charge in [-0.25, -0.2) is 4.79 Å². The number of nitrogens with two attached hydrogens (primary N) is 4. The molecule has 432 valence electrons. The second-order valence-corrected chi connectivity index (χ2v) is 26.7. The zero-order valence-electron chi connectivity index (χ0n) is 51.6. The first-order valence-electron chi connectivity index (χ1n) is 27.7. The van der Waals surface area contributed by atoms with Crippen molar-refractivity contribution in [3.8, 4) is 0 Å². The van der Waals surface area contributed by atoms with Gasteiger partial charge in [-0.2, -0.15) is 0 Å². The van der Waals surface area contributed by atoms with Gasteiger partial charge in [-0.3, -0.25) is 28.8 Å². The molecule has 3 amide bonds. The fourth-order valence-electron chi connectivity index (χ4n) is 7.37. The molecule has 0 spiro atoms. The lowest BCUT2D eigenvalue weighted by Gasteiger charge is -2.31. The van der Waals surface area contributed by atoms with Gasteiger partial charge >= 0.3 is 6.03 Å². The molecule has 0 bridgehead atoms. The summed E-state index contributed by atoms with van der Waals surface area (Å²) < 4.78 is 0. The van der Waals surface area contributed by atoms with Crippen LogP contribution < -0.4 is 33.6 Å². The van der Waals surface area contributed by atoms with E-state index >= 15 is 0 Å². The number of ketones is 5. The topological polar surface area (TPSA) is 248 Å². The van der Waals surface area contributed by atoms with Crippen LogP contribution in [-0.2, 0) is 35.2 Å². The number of benzene rings is 1. The molecule has 0 aromatic heterocycles. The van der Waals surface area contributed by atoms with Gasteiger partial charge in [-0.05, 0) is 79.7 Å². The van der Waals surface area contributed by atoms with Crippen LogP contribution in [0.2, 0.25) is 0 Å². The zero-order valence-corrected chi connectivity index (χ0v) is 51.6.